The topological polar surface area (TPSA) is 30.5 Å². The first-order valence-corrected chi connectivity index (χ1v) is 10.1. The highest BCUT2D eigenvalue weighted by molar-refractivity contribution is 6.33. The summed E-state index contributed by atoms with van der Waals surface area (Å²) in [6.07, 6.45) is 0.846. The second-order valence-electron chi connectivity index (χ2n) is 7.66. The Morgan fingerprint density at radius 1 is 1.00 bits per heavy atom. The van der Waals surface area contributed by atoms with Gasteiger partial charge in [0.25, 0.3) is 0 Å². The Hall–Kier alpha value is -1.82. The van der Waals surface area contributed by atoms with Gasteiger partial charge in [-0.3, -0.25) is 0 Å². The number of hydrogen-bond acceptors (Lipinski definition) is 4. The summed E-state index contributed by atoms with van der Waals surface area (Å²) < 4.78 is 14.9. The number of nitrogens with zero attached hydrogens (tertiary/aromatic N) is 2. The second-order valence-corrected chi connectivity index (χ2v) is 8.04. The van der Waals surface area contributed by atoms with Crippen molar-refractivity contribution in [3.63, 3.8) is 0 Å². The molecular formula is C21H24ClFN4. The molecule has 3 heterocycles. The van der Waals surface area contributed by atoms with E-state index in [9.17, 15) is 4.39 Å². The summed E-state index contributed by atoms with van der Waals surface area (Å²) in [5.74, 6) is -0.314. The molecule has 5 rings (SSSR count). The van der Waals surface area contributed by atoms with Crippen molar-refractivity contribution in [3.8, 4) is 0 Å². The molecule has 0 aliphatic carbocycles. The third-order valence-corrected chi connectivity index (χ3v) is 6.59. The van der Waals surface area contributed by atoms with E-state index in [4.69, 9.17) is 11.6 Å². The first-order chi connectivity index (χ1) is 13.2. The zero-order valence-corrected chi connectivity index (χ0v) is 16.0. The minimum Gasteiger partial charge on any atom is -0.367 e. The number of anilines is 2. The van der Waals surface area contributed by atoms with E-state index in [2.05, 4.69) is 44.7 Å². The van der Waals surface area contributed by atoms with Crippen LogP contribution in [-0.4, -0.2) is 45.8 Å². The lowest BCUT2D eigenvalue weighted by atomic mass is 9.84. The van der Waals surface area contributed by atoms with Gasteiger partial charge in [0.05, 0.1) is 11.2 Å². The van der Waals surface area contributed by atoms with Crippen LogP contribution in [0.2, 0.25) is 5.02 Å². The minimum atomic E-state index is -0.314. The minimum absolute atomic E-state index is 0.179. The molecule has 27 heavy (non-hydrogen) atoms. The molecule has 0 spiro atoms. The SMILES string of the molecule is Fc1cc2c(c(N3CCNCC3)c1Cl)C[C@]1(c3ccccc3)CNCCN21. The molecule has 0 unspecified atom stereocenters. The van der Waals surface area contributed by atoms with Gasteiger partial charge >= 0.3 is 0 Å². The van der Waals surface area contributed by atoms with Crippen LogP contribution in [0.1, 0.15) is 11.1 Å². The van der Waals surface area contributed by atoms with Crippen LogP contribution in [0.4, 0.5) is 15.8 Å². The van der Waals surface area contributed by atoms with E-state index in [1.807, 2.05) is 6.07 Å². The molecule has 0 aromatic heterocycles. The van der Waals surface area contributed by atoms with Gasteiger partial charge in [-0.15, -0.1) is 0 Å². The molecule has 0 amide bonds. The van der Waals surface area contributed by atoms with Crippen molar-refractivity contribution in [2.75, 3.05) is 55.6 Å². The summed E-state index contributed by atoms with van der Waals surface area (Å²) in [7, 11) is 0. The van der Waals surface area contributed by atoms with Crippen molar-refractivity contribution in [1.29, 1.82) is 0 Å². The van der Waals surface area contributed by atoms with Crippen molar-refractivity contribution in [2.45, 2.75) is 12.0 Å². The van der Waals surface area contributed by atoms with Crippen molar-refractivity contribution in [2.24, 2.45) is 0 Å². The van der Waals surface area contributed by atoms with Gasteiger partial charge in [0, 0.05) is 63.5 Å². The Labute approximate surface area is 164 Å². The fourth-order valence-electron chi connectivity index (χ4n) is 4.98. The summed E-state index contributed by atoms with van der Waals surface area (Å²) in [5, 5.41) is 7.21. The van der Waals surface area contributed by atoms with Gasteiger partial charge in [0.2, 0.25) is 0 Å². The fourth-order valence-corrected chi connectivity index (χ4v) is 5.26. The monoisotopic (exact) mass is 386 g/mol. The number of rotatable bonds is 2. The standard InChI is InChI=1S/C21H24ClFN4/c22-19-17(23)12-18-16(20(19)26-9-6-24-7-10-26)13-21(14-25-8-11-27(18)21)15-4-2-1-3-5-15/h1-5,12,24-25H,6-11,13-14H2/t21-/m1/s1. The van der Waals surface area contributed by atoms with Gasteiger partial charge in [-0.1, -0.05) is 41.9 Å². The van der Waals surface area contributed by atoms with Crippen LogP contribution in [0.3, 0.4) is 0 Å². The van der Waals surface area contributed by atoms with Gasteiger partial charge in [-0.25, -0.2) is 4.39 Å². The average Bonchev–Trinajstić information content (AvgIpc) is 3.05. The quantitative estimate of drug-likeness (QED) is 0.831. The molecule has 4 nitrogen and oxygen atoms in total. The van der Waals surface area contributed by atoms with Gasteiger partial charge in [-0.05, 0) is 11.6 Å². The second kappa shape index (κ2) is 6.66. The number of piperazine rings is 2. The van der Waals surface area contributed by atoms with Crippen LogP contribution in [0.5, 0.6) is 0 Å². The van der Waals surface area contributed by atoms with Crippen LogP contribution >= 0.6 is 11.6 Å². The molecule has 6 heteroatoms. The average molecular weight is 387 g/mol. The van der Waals surface area contributed by atoms with Crippen LogP contribution < -0.4 is 20.4 Å². The first kappa shape index (κ1) is 17.3. The molecule has 0 radical (unpaired) electrons. The number of hydrogen-bond donors (Lipinski definition) is 2. The zero-order chi connectivity index (χ0) is 18.4. The van der Waals surface area contributed by atoms with Crippen LogP contribution in [0.25, 0.3) is 0 Å². The molecule has 2 aromatic carbocycles. The van der Waals surface area contributed by atoms with E-state index in [1.165, 1.54) is 11.1 Å². The highest BCUT2D eigenvalue weighted by atomic mass is 35.5. The predicted molar refractivity (Wildman–Crippen MR) is 109 cm³/mol. The predicted octanol–water partition coefficient (Wildman–Crippen LogP) is 2.75. The molecule has 0 saturated carbocycles. The zero-order valence-electron chi connectivity index (χ0n) is 15.3. The molecule has 3 aliphatic heterocycles. The van der Waals surface area contributed by atoms with Gasteiger partial charge in [0.15, 0.2) is 0 Å². The lowest BCUT2D eigenvalue weighted by Crippen LogP contribution is -2.57. The number of fused-ring (bicyclic) bond motifs is 3. The molecule has 1 atom stereocenters. The molecule has 2 fully saturated rings. The van der Waals surface area contributed by atoms with E-state index in [0.29, 0.717) is 0 Å². The molecular weight excluding hydrogens is 363 g/mol. The highest BCUT2D eigenvalue weighted by Crippen LogP contribution is 2.51. The number of halogens is 2. The third kappa shape index (κ3) is 2.64. The van der Waals surface area contributed by atoms with E-state index >= 15 is 0 Å². The Bertz CT molecular complexity index is 853. The number of benzene rings is 2. The lowest BCUT2D eigenvalue weighted by Gasteiger charge is -2.45. The van der Waals surface area contributed by atoms with Gasteiger partial charge < -0.3 is 20.4 Å². The smallest absolute Gasteiger partial charge is 0.145 e. The van der Waals surface area contributed by atoms with Gasteiger partial charge in [-0.2, -0.15) is 0 Å². The maximum absolute atomic E-state index is 14.9. The molecule has 0 bridgehead atoms. The Morgan fingerprint density at radius 2 is 1.74 bits per heavy atom. The van der Waals surface area contributed by atoms with E-state index < -0.39 is 0 Å². The summed E-state index contributed by atoms with van der Waals surface area (Å²) in [6, 6.07) is 12.3. The Balaban J connectivity index is 1.67. The van der Waals surface area contributed by atoms with E-state index in [0.717, 1.165) is 63.6 Å². The van der Waals surface area contributed by atoms with Crippen LogP contribution in [0, 0.1) is 5.82 Å². The summed E-state index contributed by atoms with van der Waals surface area (Å²) in [6.45, 7) is 6.13. The van der Waals surface area contributed by atoms with Crippen LogP contribution in [-0.2, 0) is 12.0 Å². The fraction of sp³-hybridized carbons (Fsp3) is 0.429. The number of nitrogens with one attached hydrogen (secondary N) is 2. The maximum atomic E-state index is 14.9. The van der Waals surface area contributed by atoms with Crippen LogP contribution in [0.15, 0.2) is 36.4 Å². The first-order valence-electron chi connectivity index (χ1n) is 9.71. The molecule has 2 saturated heterocycles. The maximum Gasteiger partial charge on any atom is 0.145 e. The van der Waals surface area contributed by atoms with Crippen molar-refractivity contribution in [3.05, 3.63) is 58.4 Å². The van der Waals surface area contributed by atoms with Crippen molar-refractivity contribution < 1.29 is 4.39 Å². The van der Waals surface area contributed by atoms with Crippen molar-refractivity contribution >= 4 is 23.0 Å². The third-order valence-electron chi connectivity index (χ3n) is 6.23. The van der Waals surface area contributed by atoms with E-state index in [-0.39, 0.29) is 16.4 Å². The molecule has 2 aromatic rings. The summed E-state index contributed by atoms with van der Waals surface area (Å²) in [4.78, 5) is 4.66. The Morgan fingerprint density at radius 3 is 2.52 bits per heavy atom. The molecule has 3 aliphatic rings. The summed E-state index contributed by atoms with van der Waals surface area (Å²) in [5.41, 5.74) is 4.20. The largest absolute Gasteiger partial charge is 0.367 e. The van der Waals surface area contributed by atoms with Crippen molar-refractivity contribution in [1.82, 2.24) is 10.6 Å². The van der Waals surface area contributed by atoms with E-state index in [1.54, 1.807) is 6.07 Å². The highest BCUT2D eigenvalue weighted by Gasteiger charge is 2.48. The lowest BCUT2D eigenvalue weighted by molar-refractivity contribution is 0.350. The Kier molecular flexibility index (Phi) is 4.26. The normalized spacial score (nSPS) is 24.7. The molecule has 2 N–H and O–H groups in total. The van der Waals surface area contributed by atoms with Gasteiger partial charge in [0.1, 0.15) is 10.8 Å². The summed E-state index contributed by atoms with van der Waals surface area (Å²) >= 11 is 6.53. The molecule has 142 valence electrons.